The van der Waals surface area contributed by atoms with Crippen LogP contribution >= 0.6 is 11.3 Å². The number of hydrogen-bond acceptors (Lipinski definition) is 5. The third-order valence-electron chi connectivity index (χ3n) is 2.28. The van der Waals surface area contributed by atoms with Gasteiger partial charge in [-0.1, -0.05) is 13.8 Å². The highest BCUT2D eigenvalue weighted by atomic mass is 32.2. The Bertz CT molecular complexity index is 469. The number of hydrogen-bond donors (Lipinski definition) is 2. The van der Waals surface area contributed by atoms with E-state index in [1.54, 1.807) is 11.4 Å². The molecular weight excluding hydrogens is 284 g/mol. The molecule has 1 rings (SSSR count). The first-order valence-electron chi connectivity index (χ1n) is 6.25. The fraction of sp³-hybridized carbons (Fsp3) is 0.667. The van der Waals surface area contributed by atoms with Crippen LogP contribution in [0.15, 0.2) is 16.3 Å². The minimum Gasteiger partial charge on any atom is -0.380 e. The summed E-state index contributed by atoms with van der Waals surface area (Å²) in [6, 6.07) is 1.69. The number of thiophene rings is 1. The SMILES string of the molecule is CNCc1cc(S(=O)(=O)NCCOCC(C)C)cs1. The van der Waals surface area contributed by atoms with Gasteiger partial charge in [-0.3, -0.25) is 0 Å². The molecule has 0 unspecified atom stereocenters. The predicted octanol–water partition coefficient (Wildman–Crippen LogP) is 1.42. The van der Waals surface area contributed by atoms with Crippen LogP contribution in [0, 0.1) is 5.92 Å². The quantitative estimate of drug-likeness (QED) is 0.677. The van der Waals surface area contributed by atoms with Crippen molar-refractivity contribution in [2.24, 2.45) is 5.92 Å². The van der Waals surface area contributed by atoms with Gasteiger partial charge in [0.2, 0.25) is 10.0 Å². The van der Waals surface area contributed by atoms with Crippen LogP contribution in [0.4, 0.5) is 0 Å². The summed E-state index contributed by atoms with van der Waals surface area (Å²) < 4.78 is 31.8. The fourth-order valence-corrected chi connectivity index (χ4v) is 3.72. The molecule has 5 nitrogen and oxygen atoms in total. The lowest BCUT2D eigenvalue weighted by Gasteiger charge is -2.07. The van der Waals surface area contributed by atoms with Gasteiger partial charge in [0.1, 0.15) is 0 Å². The largest absolute Gasteiger partial charge is 0.380 e. The molecule has 1 aromatic heterocycles. The van der Waals surface area contributed by atoms with Crippen LogP contribution in [-0.2, 0) is 21.3 Å². The van der Waals surface area contributed by atoms with Crippen LogP contribution < -0.4 is 10.0 Å². The second kappa shape index (κ2) is 7.96. The maximum atomic E-state index is 12.0. The lowest BCUT2D eigenvalue weighted by molar-refractivity contribution is 0.114. The number of rotatable bonds is 9. The number of nitrogens with one attached hydrogen (secondary N) is 2. The normalized spacial score (nSPS) is 12.2. The zero-order valence-electron chi connectivity index (χ0n) is 11.6. The summed E-state index contributed by atoms with van der Waals surface area (Å²) >= 11 is 1.44. The van der Waals surface area contributed by atoms with Crippen molar-refractivity contribution in [1.29, 1.82) is 0 Å². The molecular formula is C12H22N2O3S2. The van der Waals surface area contributed by atoms with Gasteiger partial charge in [-0.25, -0.2) is 13.1 Å². The van der Waals surface area contributed by atoms with E-state index in [9.17, 15) is 8.42 Å². The Kier molecular flexibility index (Phi) is 6.95. The molecule has 1 aromatic rings. The van der Waals surface area contributed by atoms with Gasteiger partial charge in [-0.2, -0.15) is 0 Å². The van der Waals surface area contributed by atoms with Crippen molar-refractivity contribution in [3.8, 4) is 0 Å². The van der Waals surface area contributed by atoms with E-state index < -0.39 is 10.0 Å². The van der Waals surface area contributed by atoms with Crippen molar-refractivity contribution in [2.45, 2.75) is 25.3 Å². The molecule has 0 saturated heterocycles. The van der Waals surface area contributed by atoms with Crippen LogP contribution in [0.25, 0.3) is 0 Å². The van der Waals surface area contributed by atoms with E-state index in [1.165, 1.54) is 11.3 Å². The molecule has 0 aliphatic rings. The van der Waals surface area contributed by atoms with Crippen LogP contribution in [-0.4, -0.2) is 35.2 Å². The van der Waals surface area contributed by atoms with Crippen LogP contribution in [0.1, 0.15) is 18.7 Å². The third kappa shape index (κ3) is 6.01. The molecule has 0 aliphatic carbocycles. The average Bonchev–Trinajstić information content (AvgIpc) is 2.78. The maximum absolute atomic E-state index is 12.0. The Labute approximate surface area is 119 Å². The molecule has 0 fully saturated rings. The molecule has 110 valence electrons. The lowest BCUT2D eigenvalue weighted by atomic mass is 10.2. The molecule has 0 bridgehead atoms. The summed E-state index contributed by atoms with van der Waals surface area (Å²) in [5.74, 6) is 0.456. The molecule has 0 aliphatic heterocycles. The van der Waals surface area contributed by atoms with E-state index in [2.05, 4.69) is 23.9 Å². The smallest absolute Gasteiger partial charge is 0.241 e. The van der Waals surface area contributed by atoms with Crippen molar-refractivity contribution in [1.82, 2.24) is 10.0 Å². The maximum Gasteiger partial charge on any atom is 0.241 e. The van der Waals surface area contributed by atoms with Crippen molar-refractivity contribution >= 4 is 21.4 Å². The van der Waals surface area contributed by atoms with E-state index in [4.69, 9.17) is 4.74 Å². The highest BCUT2D eigenvalue weighted by molar-refractivity contribution is 7.89. The van der Waals surface area contributed by atoms with Crippen LogP contribution in [0.2, 0.25) is 0 Å². The molecule has 0 spiro atoms. The minimum atomic E-state index is -3.41. The predicted molar refractivity (Wildman–Crippen MR) is 77.9 cm³/mol. The average molecular weight is 306 g/mol. The van der Waals surface area contributed by atoms with Gasteiger partial charge in [-0.05, 0) is 19.0 Å². The molecule has 1 heterocycles. The highest BCUT2D eigenvalue weighted by Crippen LogP contribution is 2.18. The number of ether oxygens (including phenoxy) is 1. The molecule has 0 amide bonds. The van der Waals surface area contributed by atoms with Gasteiger partial charge < -0.3 is 10.1 Å². The van der Waals surface area contributed by atoms with E-state index in [0.717, 1.165) is 4.88 Å². The van der Waals surface area contributed by atoms with Gasteiger partial charge in [0.25, 0.3) is 0 Å². The molecule has 0 aromatic carbocycles. The minimum absolute atomic E-state index is 0.298. The summed E-state index contributed by atoms with van der Waals surface area (Å²) in [4.78, 5) is 1.32. The summed E-state index contributed by atoms with van der Waals surface area (Å²) in [6.45, 7) is 6.12. The van der Waals surface area contributed by atoms with Crippen LogP contribution in [0.5, 0.6) is 0 Å². The second-order valence-electron chi connectivity index (χ2n) is 4.65. The van der Waals surface area contributed by atoms with E-state index in [1.807, 2.05) is 7.05 Å². The fourth-order valence-electron chi connectivity index (χ4n) is 1.42. The summed E-state index contributed by atoms with van der Waals surface area (Å²) in [6.07, 6.45) is 0. The first kappa shape index (κ1) is 16.6. The first-order valence-corrected chi connectivity index (χ1v) is 8.61. The van der Waals surface area contributed by atoms with Crippen molar-refractivity contribution in [3.63, 3.8) is 0 Å². The van der Waals surface area contributed by atoms with Gasteiger partial charge in [0, 0.05) is 30.0 Å². The van der Waals surface area contributed by atoms with E-state index in [-0.39, 0.29) is 0 Å². The first-order chi connectivity index (χ1) is 8.95. The van der Waals surface area contributed by atoms with Crippen molar-refractivity contribution in [3.05, 3.63) is 16.3 Å². The topological polar surface area (TPSA) is 67.4 Å². The van der Waals surface area contributed by atoms with E-state index in [0.29, 0.717) is 37.1 Å². The summed E-state index contributed by atoms with van der Waals surface area (Å²) in [7, 11) is -1.57. The van der Waals surface area contributed by atoms with Gasteiger partial charge >= 0.3 is 0 Å². The molecule has 0 atom stereocenters. The Morgan fingerprint density at radius 2 is 2.16 bits per heavy atom. The van der Waals surface area contributed by atoms with Gasteiger partial charge in [0.05, 0.1) is 11.5 Å². The Morgan fingerprint density at radius 3 is 2.79 bits per heavy atom. The Morgan fingerprint density at radius 1 is 1.42 bits per heavy atom. The van der Waals surface area contributed by atoms with Crippen molar-refractivity contribution in [2.75, 3.05) is 26.8 Å². The summed E-state index contributed by atoms with van der Waals surface area (Å²) in [5.41, 5.74) is 0. The molecule has 0 saturated carbocycles. The second-order valence-corrected chi connectivity index (χ2v) is 7.41. The Hall–Kier alpha value is -0.470. The third-order valence-corrected chi connectivity index (χ3v) is 4.81. The molecule has 0 radical (unpaired) electrons. The number of sulfonamides is 1. The van der Waals surface area contributed by atoms with Gasteiger partial charge in [0.15, 0.2) is 0 Å². The van der Waals surface area contributed by atoms with Gasteiger partial charge in [-0.15, -0.1) is 11.3 Å². The zero-order valence-corrected chi connectivity index (χ0v) is 13.2. The molecule has 2 N–H and O–H groups in total. The lowest BCUT2D eigenvalue weighted by Crippen LogP contribution is -2.27. The Balaban J connectivity index is 2.42. The standard InChI is InChI=1S/C12H22N2O3S2/c1-10(2)8-17-5-4-14-19(15,16)12-6-11(7-13-3)18-9-12/h6,9-10,13-14H,4-5,7-8H2,1-3H3. The van der Waals surface area contributed by atoms with Crippen molar-refractivity contribution < 1.29 is 13.2 Å². The summed E-state index contributed by atoms with van der Waals surface area (Å²) in [5, 5.41) is 4.65. The molecule has 7 heteroatoms. The van der Waals surface area contributed by atoms with E-state index >= 15 is 0 Å². The zero-order chi connectivity index (χ0) is 14.3. The molecule has 19 heavy (non-hydrogen) atoms. The van der Waals surface area contributed by atoms with Crippen LogP contribution in [0.3, 0.4) is 0 Å². The highest BCUT2D eigenvalue weighted by Gasteiger charge is 2.15. The monoisotopic (exact) mass is 306 g/mol.